The summed E-state index contributed by atoms with van der Waals surface area (Å²) in [5.41, 5.74) is 7.80. The summed E-state index contributed by atoms with van der Waals surface area (Å²) in [6, 6.07) is 10.2. The van der Waals surface area contributed by atoms with Crippen LogP contribution in [-0.2, 0) is 4.79 Å². The number of hydrogen-bond donors (Lipinski definition) is 3. The maximum Gasteiger partial charge on any atom is 0.303 e. The quantitative estimate of drug-likeness (QED) is 0.249. The minimum absolute atomic E-state index is 0.0226. The average Bonchev–Trinajstić information content (AvgIpc) is 3.58. The predicted molar refractivity (Wildman–Crippen MR) is 139 cm³/mol. The number of furan rings is 1. The minimum atomic E-state index is -0.876. The van der Waals surface area contributed by atoms with E-state index < -0.39 is 5.97 Å². The number of carboxylic acids is 1. The molecule has 4 aromatic rings. The second-order valence-electron chi connectivity index (χ2n) is 8.90. The normalized spacial score (nSPS) is 14.2. The van der Waals surface area contributed by atoms with Crippen LogP contribution in [0.3, 0.4) is 0 Å². The van der Waals surface area contributed by atoms with E-state index in [1.165, 1.54) is 10.6 Å². The number of aliphatic carboxylic acids is 1. The highest BCUT2D eigenvalue weighted by Crippen LogP contribution is 2.25. The molecule has 200 valence electrons. The molecule has 0 atom stereocenters. The molecule has 0 amide bonds. The second kappa shape index (κ2) is 11.3. The summed E-state index contributed by atoms with van der Waals surface area (Å²) in [6.45, 7) is 4.57. The molecular formula is C25H29FN8O4. The molecule has 1 saturated heterocycles. The van der Waals surface area contributed by atoms with Gasteiger partial charge in [-0.1, -0.05) is 0 Å². The van der Waals surface area contributed by atoms with E-state index in [0.29, 0.717) is 60.5 Å². The maximum atomic E-state index is 14.7. The van der Waals surface area contributed by atoms with E-state index in [9.17, 15) is 9.18 Å². The first kappa shape index (κ1) is 25.3. The van der Waals surface area contributed by atoms with Gasteiger partial charge in [-0.25, -0.2) is 4.39 Å². The van der Waals surface area contributed by atoms with Crippen LogP contribution in [0.1, 0.15) is 12.8 Å². The van der Waals surface area contributed by atoms with Gasteiger partial charge in [-0.05, 0) is 30.7 Å². The standard InChI is InChI=1S/C25H29FN8O4/c26-18-15-17(37-13-2-4-23(35)36)5-6-20(18)33-11-9-32(10-12-33)8-7-28-25-29-22-16-19(21-3-1-14-38-21)31-34(22)24(27)30-25/h1,3,5-6,14-16H,2,4,7-13H2,(H,35,36)(H3,27,28,29,30). The monoisotopic (exact) mass is 524 g/mol. The van der Waals surface area contributed by atoms with Gasteiger partial charge < -0.3 is 30.2 Å². The van der Waals surface area contributed by atoms with Crippen molar-refractivity contribution in [3.8, 4) is 17.2 Å². The van der Waals surface area contributed by atoms with Gasteiger partial charge in [-0.3, -0.25) is 9.69 Å². The Hall–Kier alpha value is -4.39. The Labute approximate surface area is 217 Å². The number of fused-ring (bicyclic) bond motifs is 1. The largest absolute Gasteiger partial charge is 0.493 e. The summed E-state index contributed by atoms with van der Waals surface area (Å²) in [6.07, 6.45) is 1.98. The van der Waals surface area contributed by atoms with Gasteiger partial charge in [0, 0.05) is 57.8 Å². The van der Waals surface area contributed by atoms with Gasteiger partial charge in [0.25, 0.3) is 0 Å². The Morgan fingerprint density at radius 3 is 2.76 bits per heavy atom. The third-order valence-corrected chi connectivity index (χ3v) is 6.27. The number of anilines is 3. The Balaban J connectivity index is 1.09. The summed E-state index contributed by atoms with van der Waals surface area (Å²) < 4.78 is 27.0. The van der Waals surface area contributed by atoms with Crippen LogP contribution in [0.2, 0.25) is 0 Å². The number of halogens is 1. The van der Waals surface area contributed by atoms with Crippen LogP contribution in [0.5, 0.6) is 5.75 Å². The summed E-state index contributed by atoms with van der Waals surface area (Å²) in [5.74, 6) is 0.445. The van der Waals surface area contributed by atoms with Crippen molar-refractivity contribution >= 4 is 29.2 Å². The number of hydrogen-bond acceptors (Lipinski definition) is 10. The highest BCUT2D eigenvalue weighted by molar-refractivity contribution is 5.66. The molecule has 1 aliphatic rings. The molecule has 0 spiro atoms. The fraction of sp³-hybridized carbons (Fsp3) is 0.360. The Morgan fingerprint density at radius 1 is 1.18 bits per heavy atom. The second-order valence-corrected chi connectivity index (χ2v) is 8.90. The van der Waals surface area contributed by atoms with E-state index >= 15 is 0 Å². The van der Waals surface area contributed by atoms with Gasteiger partial charge in [0.05, 0.1) is 18.6 Å². The average molecular weight is 525 g/mol. The number of nitrogens with two attached hydrogens (primary N) is 1. The molecule has 4 N–H and O–H groups in total. The van der Waals surface area contributed by atoms with Gasteiger partial charge >= 0.3 is 5.97 Å². The zero-order chi connectivity index (χ0) is 26.5. The Morgan fingerprint density at radius 2 is 2.03 bits per heavy atom. The van der Waals surface area contributed by atoms with E-state index in [2.05, 4.69) is 25.3 Å². The predicted octanol–water partition coefficient (Wildman–Crippen LogP) is 2.58. The number of nitrogen functional groups attached to an aromatic ring is 1. The number of rotatable bonds is 11. The summed E-state index contributed by atoms with van der Waals surface area (Å²) in [4.78, 5) is 23.7. The van der Waals surface area contributed by atoms with Crippen LogP contribution < -0.4 is 20.7 Å². The summed E-state index contributed by atoms with van der Waals surface area (Å²) in [7, 11) is 0. The third kappa shape index (κ3) is 5.94. The fourth-order valence-corrected chi connectivity index (χ4v) is 4.32. The number of carboxylic acid groups (broad SMARTS) is 1. The van der Waals surface area contributed by atoms with Crippen LogP contribution in [0.15, 0.2) is 47.1 Å². The SMILES string of the molecule is Nc1nc(NCCN2CCN(c3ccc(OCCCC(=O)O)cc3F)CC2)nc2cc(-c3ccco3)nn12. The molecule has 38 heavy (non-hydrogen) atoms. The molecule has 5 rings (SSSR count). The first-order valence-electron chi connectivity index (χ1n) is 12.4. The van der Waals surface area contributed by atoms with Crippen molar-refractivity contribution in [1.82, 2.24) is 24.5 Å². The lowest BCUT2D eigenvalue weighted by Gasteiger charge is -2.36. The van der Waals surface area contributed by atoms with Crippen LogP contribution in [0.25, 0.3) is 17.1 Å². The minimum Gasteiger partial charge on any atom is -0.493 e. The van der Waals surface area contributed by atoms with Crippen molar-refractivity contribution in [3.63, 3.8) is 0 Å². The topological polar surface area (TPSA) is 147 Å². The van der Waals surface area contributed by atoms with Crippen molar-refractivity contribution in [3.05, 3.63) is 48.5 Å². The lowest BCUT2D eigenvalue weighted by atomic mass is 10.2. The van der Waals surface area contributed by atoms with Gasteiger partial charge in [0.15, 0.2) is 11.4 Å². The molecule has 13 heteroatoms. The van der Waals surface area contributed by atoms with Gasteiger partial charge in [-0.15, -0.1) is 0 Å². The van der Waals surface area contributed by atoms with Crippen molar-refractivity contribution < 1.29 is 23.4 Å². The summed E-state index contributed by atoms with van der Waals surface area (Å²) >= 11 is 0. The van der Waals surface area contributed by atoms with Crippen LogP contribution >= 0.6 is 0 Å². The van der Waals surface area contributed by atoms with Crippen LogP contribution in [0.4, 0.5) is 22.0 Å². The molecule has 0 unspecified atom stereocenters. The van der Waals surface area contributed by atoms with E-state index in [-0.39, 0.29) is 24.8 Å². The molecule has 1 aromatic carbocycles. The zero-order valence-corrected chi connectivity index (χ0v) is 20.7. The highest BCUT2D eigenvalue weighted by Gasteiger charge is 2.20. The van der Waals surface area contributed by atoms with Crippen LogP contribution in [0, 0.1) is 5.82 Å². The summed E-state index contributed by atoms with van der Waals surface area (Å²) in [5, 5.41) is 16.3. The number of ether oxygens (including phenoxy) is 1. The van der Waals surface area contributed by atoms with E-state index in [1.54, 1.807) is 30.5 Å². The molecule has 1 aliphatic heterocycles. The molecule has 1 fully saturated rings. The highest BCUT2D eigenvalue weighted by atomic mass is 19.1. The van der Waals surface area contributed by atoms with Gasteiger partial charge in [-0.2, -0.15) is 19.6 Å². The van der Waals surface area contributed by atoms with Crippen molar-refractivity contribution in [2.24, 2.45) is 0 Å². The number of nitrogens with one attached hydrogen (secondary N) is 1. The van der Waals surface area contributed by atoms with E-state index in [1.807, 2.05) is 11.0 Å². The first-order valence-corrected chi connectivity index (χ1v) is 12.4. The number of piperazine rings is 1. The van der Waals surface area contributed by atoms with Crippen LogP contribution in [-0.4, -0.2) is 81.4 Å². The number of nitrogens with zero attached hydrogens (tertiary/aromatic N) is 6. The molecule has 0 radical (unpaired) electrons. The van der Waals surface area contributed by atoms with E-state index in [0.717, 1.165) is 19.6 Å². The fourth-order valence-electron chi connectivity index (χ4n) is 4.32. The van der Waals surface area contributed by atoms with Crippen molar-refractivity contribution in [2.75, 3.05) is 61.8 Å². The van der Waals surface area contributed by atoms with Gasteiger partial charge in [0.2, 0.25) is 11.9 Å². The van der Waals surface area contributed by atoms with Crippen molar-refractivity contribution in [1.29, 1.82) is 0 Å². The lowest BCUT2D eigenvalue weighted by Crippen LogP contribution is -2.48. The maximum absolute atomic E-state index is 14.7. The molecule has 0 bridgehead atoms. The third-order valence-electron chi connectivity index (χ3n) is 6.27. The molecule has 12 nitrogen and oxygen atoms in total. The molecule has 4 heterocycles. The number of aromatic nitrogens is 4. The van der Waals surface area contributed by atoms with Gasteiger partial charge in [0.1, 0.15) is 17.3 Å². The smallest absolute Gasteiger partial charge is 0.303 e. The number of benzene rings is 1. The molecular weight excluding hydrogens is 495 g/mol. The molecule has 0 aliphatic carbocycles. The number of carbonyl (C=O) groups is 1. The van der Waals surface area contributed by atoms with Crippen molar-refractivity contribution in [2.45, 2.75) is 12.8 Å². The molecule has 3 aromatic heterocycles. The Kier molecular flexibility index (Phi) is 7.54. The molecule has 0 saturated carbocycles. The zero-order valence-electron chi connectivity index (χ0n) is 20.7. The Bertz CT molecular complexity index is 1390. The van der Waals surface area contributed by atoms with E-state index in [4.69, 9.17) is 20.0 Å². The lowest BCUT2D eigenvalue weighted by molar-refractivity contribution is -0.137. The first-order chi connectivity index (χ1) is 18.5.